The number of urea groups is 1. The Balaban J connectivity index is 1.54. The van der Waals surface area contributed by atoms with Crippen LogP contribution in [0.4, 0.5) is 20.6 Å². The van der Waals surface area contributed by atoms with Crippen LogP contribution in [0.15, 0.2) is 48.5 Å². The van der Waals surface area contributed by atoms with Crippen molar-refractivity contribution in [3.05, 3.63) is 59.9 Å². The third kappa shape index (κ3) is 8.45. The summed E-state index contributed by atoms with van der Waals surface area (Å²) in [6.45, 7) is 8.78. The number of nitrogens with zero attached hydrogens (tertiary/aromatic N) is 3. The van der Waals surface area contributed by atoms with E-state index in [0.717, 1.165) is 11.8 Å². The summed E-state index contributed by atoms with van der Waals surface area (Å²) < 4.78 is 18.6. The highest BCUT2D eigenvalue weighted by atomic mass is 19.1. The van der Waals surface area contributed by atoms with Crippen molar-refractivity contribution in [3.63, 3.8) is 0 Å². The molecule has 0 radical (unpaired) electrons. The summed E-state index contributed by atoms with van der Waals surface area (Å²) in [6, 6.07) is 12.8. The molecule has 1 aliphatic rings. The van der Waals surface area contributed by atoms with Gasteiger partial charge in [-0.25, -0.2) is 9.18 Å². The molecule has 4 amide bonds. The minimum atomic E-state index is -0.517. The first-order chi connectivity index (χ1) is 17.6. The molecule has 0 saturated carbocycles. The summed E-state index contributed by atoms with van der Waals surface area (Å²) >= 11 is 0. The lowest BCUT2D eigenvalue weighted by atomic mass is 10.1. The molecule has 0 bridgehead atoms. The van der Waals surface area contributed by atoms with Crippen molar-refractivity contribution >= 4 is 29.2 Å². The second-order valence-corrected chi connectivity index (χ2v) is 9.98. The Labute approximate surface area is 217 Å². The Hall–Kier alpha value is -3.66. The number of hydrogen-bond acceptors (Lipinski definition) is 5. The van der Waals surface area contributed by atoms with E-state index in [9.17, 15) is 18.8 Å². The Kier molecular flexibility index (Phi) is 9.46. The van der Waals surface area contributed by atoms with Crippen LogP contribution in [0.2, 0.25) is 0 Å². The molecule has 0 aliphatic carbocycles. The summed E-state index contributed by atoms with van der Waals surface area (Å²) in [5.74, 6) is -1.33. The highest BCUT2D eigenvalue weighted by Gasteiger charge is 2.24. The predicted molar refractivity (Wildman–Crippen MR) is 141 cm³/mol. The predicted octanol–water partition coefficient (Wildman–Crippen LogP) is 3.18. The number of anilines is 2. The first kappa shape index (κ1) is 27.9. The van der Waals surface area contributed by atoms with E-state index >= 15 is 0 Å². The lowest BCUT2D eigenvalue weighted by Gasteiger charge is -2.37. The van der Waals surface area contributed by atoms with Crippen LogP contribution in [0, 0.1) is 5.82 Å². The maximum Gasteiger partial charge on any atom is 0.317 e. The average molecular weight is 514 g/mol. The third-order valence-corrected chi connectivity index (χ3v) is 5.82. The number of carbonyl (C=O) groups excluding carboxylic acids is 3. The maximum atomic E-state index is 13.6. The summed E-state index contributed by atoms with van der Waals surface area (Å²) in [7, 11) is 1.51. The minimum Gasteiger partial charge on any atom is -0.383 e. The third-order valence-electron chi connectivity index (χ3n) is 5.82. The number of carbonyl (C=O) groups is 3. The fourth-order valence-electron chi connectivity index (χ4n) is 3.96. The van der Waals surface area contributed by atoms with Crippen LogP contribution in [-0.4, -0.2) is 86.2 Å². The molecule has 1 saturated heterocycles. The van der Waals surface area contributed by atoms with Crippen molar-refractivity contribution in [2.45, 2.75) is 26.3 Å². The van der Waals surface area contributed by atoms with Gasteiger partial charge < -0.3 is 30.1 Å². The number of ether oxygens (including phenoxy) is 1. The zero-order valence-corrected chi connectivity index (χ0v) is 21.9. The number of halogens is 1. The van der Waals surface area contributed by atoms with Crippen LogP contribution < -0.4 is 15.5 Å². The average Bonchev–Trinajstić information content (AvgIpc) is 2.85. The molecule has 1 aliphatic heterocycles. The molecule has 0 atom stereocenters. The van der Waals surface area contributed by atoms with E-state index in [-0.39, 0.29) is 42.7 Å². The van der Waals surface area contributed by atoms with E-state index in [1.165, 1.54) is 30.2 Å². The zero-order chi connectivity index (χ0) is 27.0. The molecule has 200 valence electrons. The van der Waals surface area contributed by atoms with Crippen LogP contribution in [0.25, 0.3) is 0 Å². The Morgan fingerprint density at radius 3 is 2.30 bits per heavy atom. The van der Waals surface area contributed by atoms with Gasteiger partial charge in [-0.3, -0.25) is 9.59 Å². The van der Waals surface area contributed by atoms with Gasteiger partial charge in [-0.2, -0.15) is 0 Å². The van der Waals surface area contributed by atoms with Crippen LogP contribution in [0.3, 0.4) is 0 Å². The van der Waals surface area contributed by atoms with Crippen molar-refractivity contribution in [1.82, 2.24) is 15.1 Å². The molecule has 10 heteroatoms. The van der Waals surface area contributed by atoms with E-state index < -0.39 is 11.7 Å². The number of benzene rings is 2. The summed E-state index contributed by atoms with van der Waals surface area (Å²) in [6.07, 6.45) is 0. The van der Waals surface area contributed by atoms with Gasteiger partial charge in [-0.15, -0.1) is 0 Å². The number of piperazine rings is 1. The molecular weight excluding hydrogens is 477 g/mol. The second-order valence-electron chi connectivity index (χ2n) is 9.98. The van der Waals surface area contributed by atoms with Crippen molar-refractivity contribution < 1.29 is 23.5 Å². The molecule has 0 aromatic heterocycles. The molecule has 2 aromatic carbocycles. The normalized spacial score (nSPS) is 13.8. The van der Waals surface area contributed by atoms with Gasteiger partial charge in [0.25, 0.3) is 5.91 Å². The number of methoxy groups -OCH3 is 1. The van der Waals surface area contributed by atoms with Gasteiger partial charge in [-0.1, -0.05) is 6.07 Å². The van der Waals surface area contributed by atoms with Gasteiger partial charge in [0.1, 0.15) is 12.4 Å². The lowest BCUT2D eigenvalue weighted by molar-refractivity contribution is -0.117. The molecule has 1 heterocycles. The van der Waals surface area contributed by atoms with Gasteiger partial charge >= 0.3 is 6.03 Å². The van der Waals surface area contributed by atoms with Gasteiger partial charge in [-0.05, 0) is 63.2 Å². The van der Waals surface area contributed by atoms with Crippen LogP contribution in [0.5, 0.6) is 0 Å². The smallest absolute Gasteiger partial charge is 0.317 e. The summed E-state index contributed by atoms with van der Waals surface area (Å²) in [5.41, 5.74) is 1.49. The van der Waals surface area contributed by atoms with Crippen molar-refractivity contribution in [2.75, 3.05) is 63.2 Å². The molecule has 9 nitrogen and oxygen atoms in total. The monoisotopic (exact) mass is 513 g/mol. The maximum absolute atomic E-state index is 13.6. The highest BCUT2D eigenvalue weighted by molar-refractivity contribution is 5.99. The summed E-state index contributed by atoms with van der Waals surface area (Å²) in [5, 5.41) is 5.81. The van der Waals surface area contributed by atoms with Gasteiger partial charge in [0.15, 0.2) is 0 Å². The van der Waals surface area contributed by atoms with Crippen LogP contribution >= 0.6 is 0 Å². The van der Waals surface area contributed by atoms with Crippen molar-refractivity contribution in [3.8, 4) is 0 Å². The van der Waals surface area contributed by atoms with E-state index in [1.54, 1.807) is 12.1 Å². The van der Waals surface area contributed by atoms with E-state index in [2.05, 4.69) is 15.5 Å². The largest absolute Gasteiger partial charge is 0.383 e. The standard InChI is InChI=1S/C27H36FN5O4/c1-27(2,3)30-26(36)32-14-12-31(13-15-32)23-10-8-22(9-11-23)29-24(34)19-33(16-17-37-4)25(35)20-6-5-7-21(28)18-20/h5-11,18H,12-17,19H2,1-4H3,(H,29,34)(H,30,36). The first-order valence-corrected chi connectivity index (χ1v) is 12.3. The Morgan fingerprint density at radius 2 is 1.70 bits per heavy atom. The number of hydrogen-bond donors (Lipinski definition) is 2. The molecule has 2 N–H and O–H groups in total. The second kappa shape index (κ2) is 12.5. The highest BCUT2D eigenvalue weighted by Crippen LogP contribution is 2.20. The van der Waals surface area contributed by atoms with Gasteiger partial charge in [0, 0.05) is 62.3 Å². The van der Waals surface area contributed by atoms with E-state index in [0.29, 0.717) is 31.9 Å². The Morgan fingerprint density at radius 1 is 1.03 bits per heavy atom. The number of nitrogens with one attached hydrogen (secondary N) is 2. The molecule has 0 spiro atoms. The topological polar surface area (TPSA) is 94.2 Å². The SMILES string of the molecule is COCCN(CC(=O)Nc1ccc(N2CCN(C(=O)NC(C)(C)C)CC2)cc1)C(=O)c1cccc(F)c1. The fourth-order valence-corrected chi connectivity index (χ4v) is 3.96. The van der Waals surface area contributed by atoms with E-state index in [4.69, 9.17) is 4.74 Å². The summed E-state index contributed by atoms with van der Waals surface area (Å²) in [4.78, 5) is 43.3. The molecule has 37 heavy (non-hydrogen) atoms. The van der Waals surface area contributed by atoms with Gasteiger partial charge in [0.05, 0.1) is 6.61 Å². The molecule has 3 rings (SSSR count). The minimum absolute atomic E-state index is 0.0550. The zero-order valence-electron chi connectivity index (χ0n) is 21.9. The lowest BCUT2D eigenvalue weighted by Crippen LogP contribution is -2.55. The number of amides is 4. The first-order valence-electron chi connectivity index (χ1n) is 12.3. The number of rotatable bonds is 8. The Bertz CT molecular complexity index is 1080. The van der Waals surface area contributed by atoms with Gasteiger partial charge in [0.2, 0.25) is 5.91 Å². The quantitative estimate of drug-likeness (QED) is 0.566. The van der Waals surface area contributed by atoms with Crippen molar-refractivity contribution in [2.24, 2.45) is 0 Å². The van der Waals surface area contributed by atoms with E-state index in [1.807, 2.05) is 37.8 Å². The van der Waals surface area contributed by atoms with Crippen molar-refractivity contribution in [1.29, 1.82) is 0 Å². The molecular formula is C27H36FN5O4. The molecule has 0 unspecified atom stereocenters. The van der Waals surface area contributed by atoms with Crippen LogP contribution in [-0.2, 0) is 9.53 Å². The molecule has 2 aromatic rings. The molecule has 1 fully saturated rings. The fraction of sp³-hybridized carbons (Fsp3) is 0.444. The van der Waals surface area contributed by atoms with Crippen LogP contribution in [0.1, 0.15) is 31.1 Å².